The van der Waals surface area contributed by atoms with Gasteiger partial charge in [0.15, 0.2) is 0 Å². The fourth-order valence-corrected chi connectivity index (χ4v) is 6.42. The number of carbonyl (C=O) groups is 2. The van der Waals surface area contributed by atoms with Crippen molar-refractivity contribution in [3.8, 4) is 0 Å². The van der Waals surface area contributed by atoms with Gasteiger partial charge in [0.25, 0.3) is 0 Å². The first-order valence-electron chi connectivity index (χ1n) is 14.4. The van der Waals surface area contributed by atoms with Crippen molar-refractivity contribution >= 4 is 79.5 Å². The molecule has 0 aliphatic carbocycles. The van der Waals surface area contributed by atoms with Crippen LogP contribution in [0.5, 0.6) is 0 Å². The lowest BCUT2D eigenvalue weighted by Crippen LogP contribution is -1.98. The van der Waals surface area contributed by atoms with Crippen molar-refractivity contribution in [3.05, 3.63) is 81.9 Å². The molecule has 0 aromatic carbocycles. The van der Waals surface area contributed by atoms with Gasteiger partial charge in [0.2, 0.25) is 0 Å². The molecule has 3 aromatic heterocycles. The van der Waals surface area contributed by atoms with E-state index >= 15 is 0 Å². The standard InChI is InChI=1S/C34H34Cl2N4O4/c1-6-20-16(2)26-13-31-34(23(36)15-35)19(5)27(40-31)11-24-17(3)21(7-9-32(41)42)29(38-24)14-30-22(8-10-33(43)44)18(4)25(39-30)12-28(20)37-26/h6,11-14,23,39-40H,1,7-10,15H2,2-5H3,(H,41,42)(H,43,44). The molecule has 0 fully saturated rings. The normalized spacial score (nSPS) is 13.9. The smallest absolute Gasteiger partial charge is 0.303 e. The van der Waals surface area contributed by atoms with Crippen molar-refractivity contribution in [3.63, 3.8) is 0 Å². The minimum atomic E-state index is -0.899. The van der Waals surface area contributed by atoms with Gasteiger partial charge in [-0.1, -0.05) is 12.7 Å². The van der Waals surface area contributed by atoms with Crippen LogP contribution < -0.4 is 0 Å². The number of aromatic nitrogens is 4. The maximum atomic E-state index is 11.6. The number of allylic oxidation sites excluding steroid dienone is 5. The lowest BCUT2D eigenvalue weighted by Gasteiger charge is -2.05. The van der Waals surface area contributed by atoms with Crippen molar-refractivity contribution in [1.29, 1.82) is 0 Å². The largest absolute Gasteiger partial charge is 0.481 e. The van der Waals surface area contributed by atoms with E-state index in [-0.39, 0.29) is 18.7 Å². The zero-order valence-electron chi connectivity index (χ0n) is 25.1. The van der Waals surface area contributed by atoms with Gasteiger partial charge in [0.1, 0.15) is 0 Å². The van der Waals surface area contributed by atoms with E-state index < -0.39 is 17.3 Å². The molecule has 8 bridgehead atoms. The number of hydrogen-bond acceptors (Lipinski definition) is 4. The summed E-state index contributed by atoms with van der Waals surface area (Å²) in [4.78, 5) is 40.1. The van der Waals surface area contributed by atoms with Gasteiger partial charge in [-0.15, -0.1) is 23.2 Å². The first kappa shape index (κ1) is 31.3. The minimum Gasteiger partial charge on any atom is -0.481 e. The van der Waals surface area contributed by atoms with Gasteiger partial charge >= 0.3 is 11.9 Å². The number of aliphatic carboxylic acids is 2. The summed E-state index contributed by atoms with van der Waals surface area (Å²) in [5.74, 6) is -1.57. The van der Waals surface area contributed by atoms with E-state index in [1.807, 2.05) is 52.0 Å². The highest BCUT2D eigenvalue weighted by atomic mass is 35.5. The highest BCUT2D eigenvalue weighted by Gasteiger charge is 2.22. The molecule has 3 aromatic rings. The molecule has 2 aliphatic heterocycles. The van der Waals surface area contributed by atoms with Gasteiger partial charge in [-0.25, -0.2) is 9.97 Å². The number of aryl methyl sites for hydroxylation is 3. The number of carboxylic acid groups (broad SMARTS) is 2. The highest BCUT2D eigenvalue weighted by Crippen LogP contribution is 2.38. The summed E-state index contributed by atoms with van der Waals surface area (Å²) in [5.41, 5.74) is 13.0. The lowest BCUT2D eigenvalue weighted by atomic mass is 10.00. The van der Waals surface area contributed by atoms with Crippen LogP contribution in [0.3, 0.4) is 0 Å². The number of aromatic amines is 2. The SMILES string of the molecule is C=CC1=C(C)c2cc3[nH]c(cc4nc(cc5[nH]c(cc1n2)c(C)c5CCC(=O)O)C(CCC(=O)O)=C4C)c(C)c3C(Cl)CCl. The Morgan fingerprint density at radius 2 is 1.36 bits per heavy atom. The molecule has 44 heavy (non-hydrogen) atoms. The van der Waals surface area contributed by atoms with Gasteiger partial charge in [0, 0.05) is 46.4 Å². The lowest BCUT2D eigenvalue weighted by molar-refractivity contribution is -0.137. The highest BCUT2D eigenvalue weighted by molar-refractivity contribution is 6.28. The number of alkyl halides is 2. The molecule has 4 N–H and O–H groups in total. The Morgan fingerprint density at radius 3 is 2.02 bits per heavy atom. The number of halogens is 2. The van der Waals surface area contributed by atoms with Crippen molar-refractivity contribution in [1.82, 2.24) is 19.9 Å². The average Bonchev–Trinajstić information content (AvgIpc) is 3.63. The summed E-state index contributed by atoms with van der Waals surface area (Å²) in [6, 6.07) is 7.77. The van der Waals surface area contributed by atoms with Crippen LogP contribution in [0.25, 0.3) is 44.4 Å². The van der Waals surface area contributed by atoms with E-state index in [0.29, 0.717) is 24.2 Å². The van der Waals surface area contributed by atoms with Crippen LogP contribution in [-0.2, 0) is 16.0 Å². The van der Waals surface area contributed by atoms with Gasteiger partial charge < -0.3 is 20.2 Å². The molecule has 10 heteroatoms. The van der Waals surface area contributed by atoms with E-state index in [1.54, 1.807) is 6.08 Å². The zero-order chi connectivity index (χ0) is 31.9. The fourth-order valence-electron chi connectivity index (χ4n) is 5.99. The van der Waals surface area contributed by atoms with Gasteiger partial charge in [0.05, 0.1) is 28.2 Å². The molecule has 5 heterocycles. The van der Waals surface area contributed by atoms with Crippen molar-refractivity contribution in [2.75, 3.05) is 5.88 Å². The Labute approximate surface area is 265 Å². The Balaban J connectivity index is 1.95. The molecule has 0 spiro atoms. The van der Waals surface area contributed by atoms with Gasteiger partial charge in [-0.3, -0.25) is 9.59 Å². The number of carboxylic acids is 2. The third-order valence-electron chi connectivity index (χ3n) is 8.47. The molecule has 8 nitrogen and oxygen atoms in total. The molecular formula is C34H34Cl2N4O4. The van der Waals surface area contributed by atoms with Crippen LogP contribution in [0.4, 0.5) is 0 Å². The Morgan fingerprint density at radius 1 is 0.818 bits per heavy atom. The van der Waals surface area contributed by atoms with Crippen molar-refractivity contribution < 1.29 is 19.8 Å². The topological polar surface area (TPSA) is 132 Å². The average molecular weight is 634 g/mol. The first-order chi connectivity index (χ1) is 20.9. The number of nitrogens with one attached hydrogen (secondary N) is 2. The Hall–Kier alpha value is -4.14. The monoisotopic (exact) mass is 632 g/mol. The second-order valence-electron chi connectivity index (χ2n) is 11.1. The van der Waals surface area contributed by atoms with E-state index in [2.05, 4.69) is 16.5 Å². The predicted octanol–water partition coefficient (Wildman–Crippen LogP) is 8.38. The fraction of sp³-hybridized carbons (Fsp3) is 0.294. The summed E-state index contributed by atoms with van der Waals surface area (Å²) < 4.78 is 0. The molecule has 228 valence electrons. The maximum absolute atomic E-state index is 11.6. The molecule has 0 radical (unpaired) electrons. The van der Waals surface area contributed by atoms with Crippen LogP contribution in [0.2, 0.25) is 0 Å². The molecule has 0 amide bonds. The van der Waals surface area contributed by atoms with Crippen LogP contribution in [0.15, 0.2) is 36.9 Å². The minimum absolute atomic E-state index is 0.0392. The summed E-state index contributed by atoms with van der Waals surface area (Å²) in [6.07, 6.45) is 2.30. The van der Waals surface area contributed by atoms with E-state index in [0.717, 1.165) is 78.0 Å². The maximum Gasteiger partial charge on any atom is 0.303 e. The van der Waals surface area contributed by atoms with Gasteiger partial charge in [-0.05, 0) is 104 Å². The second-order valence-corrected chi connectivity index (χ2v) is 12.0. The second kappa shape index (κ2) is 12.5. The van der Waals surface area contributed by atoms with E-state index in [9.17, 15) is 19.8 Å². The van der Waals surface area contributed by atoms with Crippen LogP contribution in [0, 0.1) is 13.8 Å². The van der Waals surface area contributed by atoms with Crippen molar-refractivity contribution in [2.45, 2.75) is 58.8 Å². The molecule has 5 rings (SSSR count). The number of H-pyrrole nitrogens is 2. The molecular weight excluding hydrogens is 599 g/mol. The summed E-state index contributed by atoms with van der Waals surface area (Å²) >= 11 is 13.0. The molecule has 1 unspecified atom stereocenters. The predicted molar refractivity (Wildman–Crippen MR) is 178 cm³/mol. The Bertz CT molecular complexity index is 1950. The van der Waals surface area contributed by atoms with Crippen LogP contribution in [0.1, 0.15) is 83.5 Å². The molecule has 2 aliphatic rings. The summed E-state index contributed by atoms with van der Waals surface area (Å²) in [5, 5.41) is 18.5. The quantitative estimate of drug-likeness (QED) is 0.175. The first-order valence-corrected chi connectivity index (χ1v) is 15.3. The van der Waals surface area contributed by atoms with Crippen LogP contribution >= 0.6 is 23.2 Å². The number of rotatable bonds is 9. The third kappa shape index (κ3) is 5.84. The van der Waals surface area contributed by atoms with Crippen molar-refractivity contribution in [2.24, 2.45) is 0 Å². The number of fused-ring (bicyclic) bond motifs is 8. The molecule has 0 saturated heterocycles. The summed E-state index contributed by atoms with van der Waals surface area (Å²) in [7, 11) is 0. The van der Waals surface area contributed by atoms with Crippen LogP contribution in [-0.4, -0.2) is 48.0 Å². The summed E-state index contributed by atoms with van der Waals surface area (Å²) in [6.45, 7) is 11.9. The molecule has 1 atom stereocenters. The third-order valence-corrected chi connectivity index (χ3v) is 9.30. The number of hydrogen-bond donors (Lipinski definition) is 4. The van der Waals surface area contributed by atoms with E-state index in [4.69, 9.17) is 33.2 Å². The molecule has 0 saturated carbocycles. The zero-order valence-corrected chi connectivity index (χ0v) is 26.6. The Kier molecular flexibility index (Phi) is 8.86. The van der Waals surface area contributed by atoms with Gasteiger partial charge in [-0.2, -0.15) is 0 Å². The number of nitrogens with zero attached hydrogens (tertiary/aromatic N) is 2. The van der Waals surface area contributed by atoms with E-state index in [1.165, 1.54) is 0 Å².